The van der Waals surface area contributed by atoms with Crippen LogP contribution in [0.4, 0.5) is 0 Å². The molecule has 0 amide bonds. The second kappa shape index (κ2) is 22.3. The third kappa shape index (κ3) is 18.0. The Balaban J connectivity index is -0.000000478. The van der Waals surface area contributed by atoms with E-state index in [0.717, 1.165) is 13.0 Å². The summed E-state index contributed by atoms with van der Waals surface area (Å²) in [6.07, 6.45) is 6.35. The summed E-state index contributed by atoms with van der Waals surface area (Å²) in [5.41, 5.74) is 0. The fourth-order valence-electron chi connectivity index (χ4n) is 2.00. The maximum atomic E-state index is 5.19. The van der Waals surface area contributed by atoms with Crippen molar-refractivity contribution in [2.75, 3.05) is 26.7 Å². The quantitative estimate of drug-likeness (QED) is 0.506. The van der Waals surface area contributed by atoms with Gasteiger partial charge in [-0.15, -0.1) is 0 Å². The van der Waals surface area contributed by atoms with E-state index in [0.29, 0.717) is 6.04 Å². The topological polar surface area (TPSA) is 15.3 Å². The standard InChI is InChI=1S/C12H24N2S.3C2H6/c1-3-4-5-7-14(2)8-6-11-9-12(15)10-13-11;3*1-2/h11,13H,3-10H2,1-2H3;3*1-2H3. The molecule has 0 aromatic heterocycles. The highest BCUT2D eigenvalue weighted by molar-refractivity contribution is 7.80. The molecule has 1 aliphatic rings. The summed E-state index contributed by atoms with van der Waals surface area (Å²) < 4.78 is 0. The van der Waals surface area contributed by atoms with Gasteiger partial charge >= 0.3 is 0 Å². The Labute approximate surface area is 141 Å². The summed E-state index contributed by atoms with van der Waals surface area (Å²) in [5.74, 6) is 0. The zero-order valence-corrected chi connectivity index (χ0v) is 16.9. The zero-order valence-electron chi connectivity index (χ0n) is 16.1. The van der Waals surface area contributed by atoms with Gasteiger partial charge < -0.3 is 10.2 Å². The van der Waals surface area contributed by atoms with Crippen LogP contribution in [0.15, 0.2) is 0 Å². The largest absolute Gasteiger partial charge is 0.309 e. The molecular formula is C18H42N2S. The van der Waals surface area contributed by atoms with E-state index in [-0.39, 0.29) is 0 Å². The normalized spacial score (nSPS) is 16.2. The van der Waals surface area contributed by atoms with Gasteiger partial charge in [-0.2, -0.15) is 0 Å². The molecule has 1 heterocycles. The third-order valence-electron chi connectivity index (χ3n) is 3.06. The molecule has 1 fully saturated rings. The molecule has 0 radical (unpaired) electrons. The summed E-state index contributed by atoms with van der Waals surface area (Å²) in [6.45, 7) is 17.7. The van der Waals surface area contributed by atoms with E-state index in [4.69, 9.17) is 12.2 Å². The van der Waals surface area contributed by atoms with Crippen LogP contribution >= 0.6 is 12.2 Å². The molecule has 1 aliphatic heterocycles. The van der Waals surface area contributed by atoms with Gasteiger partial charge in [-0.05, 0) is 39.4 Å². The summed E-state index contributed by atoms with van der Waals surface area (Å²) >= 11 is 5.19. The van der Waals surface area contributed by atoms with Crippen LogP contribution in [0.2, 0.25) is 0 Å². The van der Waals surface area contributed by atoms with Gasteiger partial charge in [-0.1, -0.05) is 73.5 Å². The lowest BCUT2D eigenvalue weighted by Crippen LogP contribution is -2.29. The summed E-state index contributed by atoms with van der Waals surface area (Å²) in [7, 11) is 2.23. The van der Waals surface area contributed by atoms with Crippen LogP contribution in [0, 0.1) is 0 Å². The van der Waals surface area contributed by atoms with E-state index < -0.39 is 0 Å². The molecular weight excluding hydrogens is 276 g/mol. The SMILES string of the molecule is CC.CC.CC.CCCCCN(C)CCC1CC(=S)CN1. The van der Waals surface area contributed by atoms with Gasteiger partial charge in [0.05, 0.1) is 0 Å². The summed E-state index contributed by atoms with van der Waals surface area (Å²) in [4.78, 5) is 3.65. The van der Waals surface area contributed by atoms with Gasteiger partial charge in [0.15, 0.2) is 0 Å². The minimum atomic E-state index is 0.645. The Morgan fingerprint density at radius 1 is 1.05 bits per heavy atom. The molecule has 0 aromatic rings. The molecule has 0 aromatic carbocycles. The minimum Gasteiger partial charge on any atom is -0.309 e. The third-order valence-corrected chi connectivity index (χ3v) is 3.38. The molecule has 0 saturated carbocycles. The maximum Gasteiger partial charge on any atom is 0.0272 e. The minimum absolute atomic E-state index is 0.645. The number of rotatable bonds is 7. The van der Waals surface area contributed by atoms with E-state index in [1.54, 1.807) is 0 Å². The molecule has 21 heavy (non-hydrogen) atoms. The monoisotopic (exact) mass is 318 g/mol. The zero-order chi connectivity index (χ0) is 17.1. The Bertz CT molecular complexity index is 196. The van der Waals surface area contributed by atoms with Crippen LogP contribution in [0.5, 0.6) is 0 Å². The second-order valence-corrected chi connectivity index (χ2v) is 5.20. The first-order valence-electron chi connectivity index (χ1n) is 9.16. The van der Waals surface area contributed by atoms with E-state index >= 15 is 0 Å². The van der Waals surface area contributed by atoms with Gasteiger partial charge in [0.2, 0.25) is 0 Å². The predicted octanol–water partition coefficient (Wildman–Crippen LogP) is 5.31. The highest BCUT2D eigenvalue weighted by Crippen LogP contribution is 2.08. The summed E-state index contributed by atoms with van der Waals surface area (Å²) in [5, 5.41) is 3.46. The van der Waals surface area contributed by atoms with Crippen molar-refractivity contribution in [1.29, 1.82) is 0 Å². The molecule has 0 aliphatic carbocycles. The van der Waals surface area contributed by atoms with Gasteiger partial charge in [0.25, 0.3) is 0 Å². The van der Waals surface area contributed by atoms with E-state index in [1.165, 1.54) is 43.6 Å². The Morgan fingerprint density at radius 2 is 1.62 bits per heavy atom. The second-order valence-electron chi connectivity index (χ2n) is 4.62. The molecule has 1 unspecified atom stereocenters. The van der Waals surface area contributed by atoms with Gasteiger partial charge in [0.1, 0.15) is 0 Å². The Hall–Kier alpha value is 0.01000. The molecule has 130 valence electrons. The Morgan fingerprint density at radius 3 is 2.05 bits per heavy atom. The van der Waals surface area contributed by atoms with Crippen molar-refractivity contribution >= 4 is 17.1 Å². The van der Waals surface area contributed by atoms with Crippen LogP contribution in [0.1, 0.15) is 80.6 Å². The molecule has 1 saturated heterocycles. The molecule has 2 nitrogen and oxygen atoms in total. The first kappa shape index (κ1) is 25.9. The van der Waals surface area contributed by atoms with E-state index in [1.807, 2.05) is 41.5 Å². The highest BCUT2D eigenvalue weighted by Gasteiger charge is 2.18. The Kier molecular flexibility index (Phi) is 27.5. The number of thiocarbonyl (C=S) groups is 1. The fraction of sp³-hybridized carbons (Fsp3) is 0.944. The van der Waals surface area contributed by atoms with Crippen molar-refractivity contribution in [2.45, 2.75) is 86.6 Å². The van der Waals surface area contributed by atoms with E-state index in [2.05, 4.69) is 24.2 Å². The molecule has 1 rings (SSSR count). The number of hydrogen-bond acceptors (Lipinski definition) is 3. The van der Waals surface area contributed by atoms with Crippen LogP contribution < -0.4 is 5.32 Å². The van der Waals surface area contributed by atoms with Crippen molar-refractivity contribution in [3.63, 3.8) is 0 Å². The number of hydrogen-bond donors (Lipinski definition) is 1. The van der Waals surface area contributed by atoms with Crippen molar-refractivity contribution in [3.05, 3.63) is 0 Å². The number of nitrogens with zero attached hydrogens (tertiary/aromatic N) is 1. The molecule has 3 heteroatoms. The van der Waals surface area contributed by atoms with Crippen LogP contribution in [0.25, 0.3) is 0 Å². The number of nitrogens with one attached hydrogen (secondary N) is 1. The molecule has 0 bridgehead atoms. The fourth-order valence-corrected chi connectivity index (χ4v) is 2.29. The van der Waals surface area contributed by atoms with Crippen molar-refractivity contribution < 1.29 is 0 Å². The van der Waals surface area contributed by atoms with Gasteiger partial charge in [-0.25, -0.2) is 0 Å². The van der Waals surface area contributed by atoms with Crippen LogP contribution in [0.3, 0.4) is 0 Å². The van der Waals surface area contributed by atoms with Crippen molar-refractivity contribution in [1.82, 2.24) is 10.2 Å². The lowest BCUT2D eigenvalue weighted by atomic mass is 10.1. The lowest BCUT2D eigenvalue weighted by Gasteiger charge is -2.18. The van der Waals surface area contributed by atoms with Gasteiger partial charge in [-0.3, -0.25) is 0 Å². The average molecular weight is 319 g/mol. The van der Waals surface area contributed by atoms with Crippen molar-refractivity contribution in [3.8, 4) is 0 Å². The highest BCUT2D eigenvalue weighted by atomic mass is 32.1. The van der Waals surface area contributed by atoms with Crippen LogP contribution in [-0.2, 0) is 0 Å². The molecule has 1 N–H and O–H groups in total. The average Bonchev–Trinajstić information content (AvgIpc) is 2.97. The number of unbranched alkanes of at least 4 members (excludes halogenated alkanes) is 2. The predicted molar refractivity (Wildman–Crippen MR) is 105 cm³/mol. The first-order valence-corrected chi connectivity index (χ1v) is 9.56. The lowest BCUT2D eigenvalue weighted by molar-refractivity contribution is 0.306. The van der Waals surface area contributed by atoms with Gasteiger partial charge in [0, 0.05) is 17.5 Å². The molecule has 0 spiro atoms. The summed E-state index contributed by atoms with van der Waals surface area (Å²) in [6, 6.07) is 0.645. The van der Waals surface area contributed by atoms with Crippen molar-refractivity contribution in [2.24, 2.45) is 0 Å². The first-order chi connectivity index (χ1) is 10.2. The smallest absolute Gasteiger partial charge is 0.0272 e. The molecule has 1 atom stereocenters. The van der Waals surface area contributed by atoms with Crippen LogP contribution in [-0.4, -0.2) is 42.5 Å². The van der Waals surface area contributed by atoms with E-state index in [9.17, 15) is 0 Å². The maximum absolute atomic E-state index is 5.19.